The Morgan fingerprint density at radius 2 is 1.51 bits per heavy atom. The van der Waals surface area contributed by atoms with Gasteiger partial charge in [0, 0.05) is 43.6 Å². The average molecular weight is 749 g/mol. The molecule has 1 aliphatic heterocycles. The monoisotopic (exact) mass is 748 g/mol. The van der Waals surface area contributed by atoms with Crippen molar-refractivity contribution < 1.29 is 55.5 Å². The number of imide groups is 1. The maximum atomic E-state index is 14.3. The van der Waals surface area contributed by atoms with E-state index >= 15 is 0 Å². The van der Waals surface area contributed by atoms with E-state index < -0.39 is 39.6 Å². The van der Waals surface area contributed by atoms with Crippen molar-refractivity contribution in [1.82, 2.24) is 5.06 Å². The van der Waals surface area contributed by atoms with Gasteiger partial charge in [0.05, 0.1) is 65.8 Å². The first-order valence-electron chi connectivity index (χ1n) is 17.8. The van der Waals surface area contributed by atoms with Crippen LogP contribution in [0.3, 0.4) is 0 Å². The van der Waals surface area contributed by atoms with E-state index in [-0.39, 0.29) is 42.7 Å². The van der Waals surface area contributed by atoms with Crippen molar-refractivity contribution in [3.05, 3.63) is 76.9 Å². The average Bonchev–Trinajstić information content (AvgIpc) is 3.41. The maximum absolute atomic E-state index is 14.3. The van der Waals surface area contributed by atoms with Gasteiger partial charge in [0.25, 0.3) is 11.8 Å². The molecular weight excluding hydrogens is 703 g/mol. The second-order valence-corrected chi connectivity index (χ2v) is 15.6. The summed E-state index contributed by atoms with van der Waals surface area (Å²) in [5.74, 6) is -2.56. The van der Waals surface area contributed by atoms with Crippen molar-refractivity contribution in [3.63, 3.8) is 0 Å². The summed E-state index contributed by atoms with van der Waals surface area (Å²) in [5.41, 5.74) is 2.44. The summed E-state index contributed by atoms with van der Waals surface area (Å²) in [6.45, 7) is 8.16. The molecule has 53 heavy (non-hydrogen) atoms. The molecule has 282 valence electrons. The molecule has 0 aliphatic carbocycles. The zero-order valence-electron chi connectivity index (χ0n) is 30.8. The standard InChI is InChI=1S/C39H46N3O10S/c1-6-7-19-42(4,5)20-11-21-50-29-14-15-33-31(25-29)36(30-12-8-9-13-32(30)40(33)18-10-22-53(47,48)49)39(46)51-37-26(2)23-28(24-27(37)3)38(45)52-41-34(43)16-17-35(41)44/h8-9,12-15,23-25H,6-7,10-11,16-22H2,1-5H3/q+1. The molecule has 0 saturated carbocycles. The first kappa shape index (κ1) is 39.3. The zero-order chi connectivity index (χ0) is 38.5. The minimum atomic E-state index is -4.44. The lowest BCUT2D eigenvalue weighted by molar-refractivity contribution is -0.890. The number of ether oxygens (including phenoxy) is 2. The molecule has 14 heteroatoms. The number of fused-ring (bicyclic) bond motifs is 2. The molecule has 5 rings (SSSR count). The van der Waals surface area contributed by atoms with Crippen LogP contribution in [0.2, 0.25) is 0 Å². The van der Waals surface area contributed by atoms with Crippen molar-refractivity contribution in [3.8, 4) is 11.5 Å². The Bertz CT molecular complexity index is 2140. The number of unbranched alkanes of at least 4 members (excludes halogenated alkanes) is 1. The van der Waals surface area contributed by atoms with Crippen molar-refractivity contribution in [2.24, 2.45) is 0 Å². The second kappa shape index (κ2) is 16.4. The summed E-state index contributed by atoms with van der Waals surface area (Å²) in [6, 6.07) is 15.5. The summed E-state index contributed by atoms with van der Waals surface area (Å²) < 4.78 is 49.4. The van der Waals surface area contributed by atoms with Gasteiger partial charge in [0.1, 0.15) is 11.5 Å². The molecule has 0 bridgehead atoms. The fraction of sp³-hybridized carbons (Fsp3) is 0.410. The number of esters is 1. The van der Waals surface area contributed by atoms with Crippen LogP contribution in [0.25, 0.3) is 21.8 Å². The van der Waals surface area contributed by atoms with E-state index in [1.165, 1.54) is 12.1 Å². The lowest BCUT2D eigenvalue weighted by Crippen LogP contribution is -2.41. The van der Waals surface area contributed by atoms with Crippen molar-refractivity contribution in [2.75, 3.05) is 39.5 Å². The number of quaternary nitrogens is 1. The van der Waals surface area contributed by atoms with Gasteiger partial charge < -0.3 is 23.3 Å². The predicted molar refractivity (Wildman–Crippen MR) is 195 cm³/mol. The van der Waals surface area contributed by atoms with E-state index in [1.54, 1.807) is 44.2 Å². The van der Waals surface area contributed by atoms with Crippen molar-refractivity contribution >= 4 is 55.7 Å². The summed E-state index contributed by atoms with van der Waals surface area (Å²) in [4.78, 5) is 56.2. The topological polar surface area (TPSA) is 160 Å². The van der Waals surface area contributed by atoms with Crippen molar-refractivity contribution in [2.45, 2.75) is 65.8 Å². The van der Waals surface area contributed by atoms with E-state index in [4.69, 9.17) is 14.3 Å². The van der Waals surface area contributed by atoms with Crippen LogP contribution in [0.5, 0.6) is 11.5 Å². The van der Waals surface area contributed by atoms with Crippen LogP contribution in [-0.4, -0.2) is 85.8 Å². The highest BCUT2D eigenvalue weighted by atomic mass is 32.2. The van der Waals surface area contributed by atoms with Gasteiger partial charge in [-0.15, -0.1) is 5.06 Å². The van der Waals surface area contributed by atoms with Gasteiger partial charge >= 0.3 is 11.9 Å². The van der Waals surface area contributed by atoms with E-state index in [2.05, 4.69) is 21.0 Å². The normalized spacial score (nSPS) is 13.6. The fourth-order valence-electron chi connectivity index (χ4n) is 6.64. The largest absolute Gasteiger partial charge is 0.748 e. The smallest absolute Gasteiger partial charge is 0.363 e. The van der Waals surface area contributed by atoms with Crippen LogP contribution >= 0.6 is 0 Å². The van der Waals surface area contributed by atoms with Gasteiger partial charge in [0.15, 0.2) is 6.54 Å². The molecule has 1 fully saturated rings. The molecule has 1 aromatic heterocycles. The van der Waals surface area contributed by atoms with Gasteiger partial charge in [-0.1, -0.05) is 25.5 Å². The SMILES string of the molecule is CCCC[N+](C)(C)CCCOc1ccc2c(c1)c(C(=O)Oc1c(C)cc(C(=O)ON3C(=O)CCC3=O)cc1C)c1ccccc1[n+]2CCCS(=O)(=O)[O-]. The lowest BCUT2D eigenvalue weighted by atomic mass is 10.0. The number of nitrogens with zero attached hydrogens (tertiary/aromatic N) is 3. The number of amides is 2. The molecule has 2 amide bonds. The molecular formula is C39H46N3O10S+. The Kier molecular flexibility index (Phi) is 12.2. The number of hydroxylamine groups is 2. The molecule has 1 aliphatic rings. The summed E-state index contributed by atoms with van der Waals surface area (Å²) in [5, 5.41) is 1.52. The van der Waals surface area contributed by atoms with Crippen LogP contribution in [0.15, 0.2) is 54.6 Å². The van der Waals surface area contributed by atoms with Crippen LogP contribution in [-0.2, 0) is 31.1 Å². The molecule has 0 spiro atoms. The molecule has 1 saturated heterocycles. The maximum Gasteiger partial charge on any atom is 0.363 e. The highest BCUT2D eigenvalue weighted by molar-refractivity contribution is 7.85. The van der Waals surface area contributed by atoms with Crippen LogP contribution in [0.4, 0.5) is 0 Å². The molecule has 0 N–H and O–H groups in total. The van der Waals surface area contributed by atoms with Gasteiger partial charge in [-0.25, -0.2) is 18.0 Å². The van der Waals surface area contributed by atoms with E-state index in [0.717, 1.165) is 36.8 Å². The fourth-order valence-corrected chi connectivity index (χ4v) is 7.13. The van der Waals surface area contributed by atoms with Crippen LogP contribution < -0.4 is 14.0 Å². The molecule has 0 radical (unpaired) electrons. The van der Waals surface area contributed by atoms with Gasteiger partial charge in [-0.05, 0) is 61.7 Å². The Morgan fingerprint density at radius 1 is 0.868 bits per heavy atom. The Balaban J connectivity index is 1.50. The van der Waals surface area contributed by atoms with Crippen LogP contribution in [0, 0.1) is 13.8 Å². The molecule has 0 unspecified atom stereocenters. The first-order valence-corrected chi connectivity index (χ1v) is 19.3. The summed E-state index contributed by atoms with van der Waals surface area (Å²) in [7, 11) is -0.0374. The number of pyridine rings is 1. The Hall–Kier alpha value is -4.92. The highest BCUT2D eigenvalue weighted by Gasteiger charge is 2.34. The molecule has 13 nitrogen and oxygen atoms in total. The van der Waals surface area contributed by atoms with Gasteiger partial charge in [-0.2, -0.15) is 4.57 Å². The lowest BCUT2D eigenvalue weighted by Gasteiger charge is -2.29. The molecule has 0 atom stereocenters. The molecule has 4 aromatic rings. The summed E-state index contributed by atoms with van der Waals surface area (Å²) >= 11 is 0. The number of carbonyl (C=O) groups excluding carboxylic acids is 4. The Morgan fingerprint density at radius 3 is 2.17 bits per heavy atom. The number of aryl methyl sites for hydroxylation is 3. The summed E-state index contributed by atoms with van der Waals surface area (Å²) in [6.07, 6.45) is 3.09. The van der Waals surface area contributed by atoms with Gasteiger partial charge in [-0.3, -0.25) is 9.59 Å². The number of hydrogen-bond acceptors (Lipinski definition) is 10. The molecule has 2 heterocycles. The molecule has 3 aromatic carbocycles. The zero-order valence-corrected chi connectivity index (χ0v) is 31.6. The third-order valence-electron chi connectivity index (χ3n) is 9.34. The van der Waals surface area contributed by atoms with Crippen molar-refractivity contribution in [1.29, 1.82) is 0 Å². The minimum Gasteiger partial charge on any atom is -0.748 e. The second-order valence-electron chi connectivity index (χ2n) is 14.1. The van der Waals surface area contributed by atoms with Gasteiger partial charge in [0.2, 0.25) is 11.0 Å². The Labute approximate surface area is 309 Å². The number of para-hydroxylation sites is 1. The number of hydrogen-bond donors (Lipinski definition) is 0. The van der Waals surface area contributed by atoms with E-state index in [0.29, 0.717) is 50.4 Å². The quantitative estimate of drug-likeness (QED) is 0.0225. The van der Waals surface area contributed by atoms with Crippen LogP contribution in [0.1, 0.15) is 77.3 Å². The number of aromatic nitrogens is 1. The minimum absolute atomic E-state index is 0.0333. The number of carbonyl (C=O) groups is 4. The van der Waals surface area contributed by atoms with E-state index in [1.807, 2.05) is 16.7 Å². The third kappa shape index (κ3) is 9.55. The van der Waals surface area contributed by atoms with E-state index in [9.17, 15) is 32.1 Å². The number of benzene rings is 3. The number of rotatable bonds is 16. The predicted octanol–water partition coefficient (Wildman–Crippen LogP) is 4.92. The highest BCUT2D eigenvalue weighted by Crippen LogP contribution is 2.32. The third-order valence-corrected chi connectivity index (χ3v) is 10.1. The first-order chi connectivity index (χ1) is 25.1.